The van der Waals surface area contributed by atoms with Crippen molar-refractivity contribution in [2.75, 3.05) is 20.2 Å². The van der Waals surface area contributed by atoms with Crippen LogP contribution in [0, 0.1) is 0 Å². The first-order chi connectivity index (χ1) is 9.15. The van der Waals surface area contributed by atoms with Crippen LogP contribution in [0.1, 0.15) is 25.8 Å². The summed E-state index contributed by atoms with van der Waals surface area (Å²) in [5.74, 6) is 0.945. The van der Waals surface area contributed by atoms with Crippen LogP contribution in [0.3, 0.4) is 0 Å². The summed E-state index contributed by atoms with van der Waals surface area (Å²) in [6, 6.07) is 8.13. The molecule has 1 rings (SSSR count). The van der Waals surface area contributed by atoms with E-state index < -0.39 is 0 Å². The van der Waals surface area contributed by atoms with Gasteiger partial charge in [-0.2, -0.15) is 0 Å². The largest absolute Gasteiger partial charge is 0.497 e. The first kappa shape index (κ1) is 15.5. The van der Waals surface area contributed by atoms with Crippen LogP contribution in [-0.2, 0) is 11.2 Å². The third kappa shape index (κ3) is 6.25. The highest BCUT2D eigenvalue weighted by Gasteiger charge is 2.07. The van der Waals surface area contributed by atoms with E-state index in [1.165, 1.54) is 5.56 Å². The van der Waals surface area contributed by atoms with Gasteiger partial charge in [-0.3, -0.25) is 4.79 Å². The van der Waals surface area contributed by atoms with Crippen molar-refractivity contribution >= 4 is 5.91 Å². The van der Waals surface area contributed by atoms with Crippen LogP contribution in [0.2, 0.25) is 0 Å². The van der Waals surface area contributed by atoms with Gasteiger partial charge in [0.1, 0.15) is 5.75 Å². The fourth-order valence-corrected chi connectivity index (χ4v) is 1.95. The standard InChI is InChI=1S/C15H24N2O2/c1-4-16-12(2)10-15(18)17-9-8-13-6-5-7-14(11-13)19-3/h5-7,11-12,16H,4,8-10H2,1-3H3,(H,17,18). The van der Waals surface area contributed by atoms with Crippen molar-refractivity contribution in [3.8, 4) is 5.75 Å². The molecule has 0 aromatic heterocycles. The van der Waals surface area contributed by atoms with E-state index in [0.717, 1.165) is 18.7 Å². The zero-order valence-electron chi connectivity index (χ0n) is 12.0. The molecule has 0 radical (unpaired) electrons. The Morgan fingerprint density at radius 1 is 1.42 bits per heavy atom. The van der Waals surface area contributed by atoms with E-state index in [1.54, 1.807) is 7.11 Å². The lowest BCUT2D eigenvalue weighted by Crippen LogP contribution is -2.34. The van der Waals surface area contributed by atoms with Gasteiger partial charge in [-0.05, 0) is 37.6 Å². The molecular formula is C15H24N2O2. The van der Waals surface area contributed by atoms with Gasteiger partial charge in [-0.1, -0.05) is 19.1 Å². The highest BCUT2D eigenvalue weighted by molar-refractivity contribution is 5.76. The summed E-state index contributed by atoms with van der Waals surface area (Å²) >= 11 is 0. The number of amides is 1. The minimum Gasteiger partial charge on any atom is -0.497 e. The number of nitrogens with one attached hydrogen (secondary N) is 2. The van der Waals surface area contributed by atoms with E-state index in [9.17, 15) is 4.79 Å². The van der Waals surface area contributed by atoms with Crippen LogP contribution in [-0.4, -0.2) is 32.1 Å². The lowest BCUT2D eigenvalue weighted by Gasteiger charge is -2.12. The van der Waals surface area contributed by atoms with E-state index in [2.05, 4.69) is 10.6 Å². The first-order valence-corrected chi connectivity index (χ1v) is 6.78. The number of hydrogen-bond acceptors (Lipinski definition) is 3. The number of benzene rings is 1. The number of ether oxygens (including phenoxy) is 1. The van der Waals surface area contributed by atoms with Crippen LogP contribution >= 0.6 is 0 Å². The van der Waals surface area contributed by atoms with Gasteiger partial charge in [-0.15, -0.1) is 0 Å². The molecule has 4 nitrogen and oxygen atoms in total. The van der Waals surface area contributed by atoms with Crippen molar-refractivity contribution in [1.29, 1.82) is 0 Å². The Morgan fingerprint density at radius 3 is 2.89 bits per heavy atom. The van der Waals surface area contributed by atoms with Gasteiger partial charge in [0.05, 0.1) is 7.11 Å². The molecule has 0 saturated heterocycles. The summed E-state index contributed by atoms with van der Waals surface area (Å²) < 4.78 is 5.17. The van der Waals surface area contributed by atoms with Crippen molar-refractivity contribution in [2.45, 2.75) is 32.7 Å². The molecule has 0 bridgehead atoms. The van der Waals surface area contributed by atoms with Gasteiger partial charge >= 0.3 is 0 Å². The second-order valence-corrected chi connectivity index (χ2v) is 4.61. The molecule has 0 aliphatic rings. The van der Waals surface area contributed by atoms with E-state index in [0.29, 0.717) is 13.0 Å². The summed E-state index contributed by atoms with van der Waals surface area (Å²) in [5, 5.41) is 6.16. The summed E-state index contributed by atoms with van der Waals surface area (Å²) in [7, 11) is 1.66. The zero-order chi connectivity index (χ0) is 14.1. The smallest absolute Gasteiger partial charge is 0.221 e. The van der Waals surface area contributed by atoms with Crippen LogP contribution in [0.4, 0.5) is 0 Å². The molecule has 1 amide bonds. The molecule has 106 valence electrons. The molecule has 0 aliphatic heterocycles. The van der Waals surface area contributed by atoms with E-state index in [1.807, 2.05) is 38.1 Å². The van der Waals surface area contributed by atoms with Crippen LogP contribution in [0.15, 0.2) is 24.3 Å². The Labute approximate surface area is 115 Å². The predicted octanol–water partition coefficient (Wildman–Crippen LogP) is 1.74. The van der Waals surface area contributed by atoms with Crippen LogP contribution in [0.5, 0.6) is 5.75 Å². The summed E-state index contributed by atoms with van der Waals surface area (Å²) in [5.41, 5.74) is 1.17. The SMILES string of the molecule is CCNC(C)CC(=O)NCCc1cccc(OC)c1. The van der Waals surface area contributed by atoms with E-state index >= 15 is 0 Å². The minimum atomic E-state index is 0.0938. The third-order valence-corrected chi connectivity index (χ3v) is 2.91. The van der Waals surface area contributed by atoms with Crippen LogP contribution in [0.25, 0.3) is 0 Å². The molecule has 1 unspecified atom stereocenters. The van der Waals surface area contributed by atoms with Gasteiger partial charge in [0.2, 0.25) is 5.91 Å². The summed E-state index contributed by atoms with van der Waals surface area (Å²) in [6.07, 6.45) is 1.34. The molecule has 1 atom stereocenters. The molecule has 4 heteroatoms. The number of carbonyl (C=O) groups excluding carboxylic acids is 1. The van der Waals surface area contributed by atoms with Crippen molar-refractivity contribution in [1.82, 2.24) is 10.6 Å². The Balaban J connectivity index is 2.27. The Bertz CT molecular complexity index is 393. The van der Waals surface area contributed by atoms with Crippen molar-refractivity contribution in [3.63, 3.8) is 0 Å². The monoisotopic (exact) mass is 264 g/mol. The molecule has 1 aromatic rings. The van der Waals surface area contributed by atoms with E-state index in [-0.39, 0.29) is 11.9 Å². The topological polar surface area (TPSA) is 50.4 Å². The molecule has 0 aliphatic carbocycles. The summed E-state index contributed by atoms with van der Waals surface area (Å²) in [6.45, 7) is 5.60. The highest BCUT2D eigenvalue weighted by Crippen LogP contribution is 2.12. The highest BCUT2D eigenvalue weighted by atomic mass is 16.5. The maximum Gasteiger partial charge on any atom is 0.221 e. The normalized spacial score (nSPS) is 11.9. The predicted molar refractivity (Wildman–Crippen MR) is 77.5 cm³/mol. The average molecular weight is 264 g/mol. The third-order valence-electron chi connectivity index (χ3n) is 2.91. The molecule has 0 saturated carbocycles. The van der Waals surface area contributed by atoms with Gasteiger partial charge in [0.15, 0.2) is 0 Å². The molecule has 19 heavy (non-hydrogen) atoms. The molecule has 2 N–H and O–H groups in total. The van der Waals surface area contributed by atoms with Gasteiger partial charge in [0, 0.05) is 19.0 Å². The molecule has 0 spiro atoms. The minimum absolute atomic E-state index is 0.0938. The lowest BCUT2D eigenvalue weighted by molar-refractivity contribution is -0.121. The van der Waals surface area contributed by atoms with Gasteiger partial charge in [0.25, 0.3) is 0 Å². The second-order valence-electron chi connectivity index (χ2n) is 4.61. The fraction of sp³-hybridized carbons (Fsp3) is 0.533. The molecule has 0 fully saturated rings. The molecule has 1 aromatic carbocycles. The lowest BCUT2D eigenvalue weighted by atomic mass is 10.1. The Kier molecular flexibility index (Phi) is 6.97. The Hall–Kier alpha value is -1.55. The first-order valence-electron chi connectivity index (χ1n) is 6.78. The Morgan fingerprint density at radius 2 is 2.21 bits per heavy atom. The number of carbonyl (C=O) groups is 1. The van der Waals surface area contributed by atoms with Crippen molar-refractivity contribution < 1.29 is 9.53 Å². The van der Waals surface area contributed by atoms with Gasteiger partial charge < -0.3 is 15.4 Å². The quantitative estimate of drug-likeness (QED) is 0.752. The fourth-order valence-electron chi connectivity index (χ4n) is 1.95. The second kappa shape index (κ2) is 8.53. The number of hydrogen-bond donors (Lipinski definition) is 2. The number of methoxy groups -OCH3 is 1. The molecule has 0 heterocycles. The molecular weight excluding hydrogens is 240 g/mol. The van der Waals surface area contributed by atoms with Gasteiger partial charge in [-0.25, -0.2) is 0 Å². The zero-order valence-corrected chi connectivity index (χ0v) is 12.0. The van der Waals surface area contributed by atoms with Crippen LogP contribution < -0.4 is 15.4 Å². The van der Waals surface area contributed by atoms with E-state index in [4.69, 9.17) is 4.74 Å². The average Bonchev–Trinajstić information content (AvgIpc) is 2.39. The number of rotatable bonds is 8. The maximum atomic E-state index is 11.7. The maximum absolute atomic E-state index is 11.7. The summed E-state index contributed by atoms with van der Waals surface area (Å²) in [4.78, 5) is 11.7. The van der Waals surface area contributed by atoms with Crippen molar-refractivity contribution in [3.05, 3.63) is 29.8 Å². The van der Waals surface area contributed by atoms with Crippen molar-refractivity contribution in [2.24, 2.45) is 0 Å².